The average Bonchev–Trinajstić information content (AvgIpc) is 2.55. The summed E-state index contributed by atoms with van der Waals surface area (Å²) in [4.78, 5) is 16.0. The lowest BCUT2D eigenvalue weighted by molar-refractivity contribution is 0.154. The molecule has 0 aliphatic heterocycles. The number of para-hydroxylation sites is 1. The number of hydrogen-bond acceptors (Lipinski definition) is 6. The van der Waals surface area contributed by atoms with Crippen molar-refractivity contribution in [3.63, 3.8) is 0 Å². The number of hydrazone groups is 1. The maximum Gasteiger partial charge on any atom is 0.412 e. The van der Waals surface area contributed by atoms with Gasteiger partial charge in [0.15, 0.2) is 5.11 Å². The van der Waals surface area contributed by atoms with Gasteiger partial charge in [-0.15, -0.1) is 0 Å². The molecule has 8 nitrogen and oxygen atoms in total. The number of nitrogens with two attached hydrogens (primary N) is 1. The molecule has 0 unspecified atom stereocenters. The summed E-state index contributed by atoms with van der Waals surface area (Å²) in [5, 5.41) is 16.0. The average molecular weight is 345 g/mol. The van der Waals surface area contributed by atoms with Gasteiger partial charge in [0.05, 0.1) is 11.9 Å². The quantitative estimate of drug-likeness (QED) is 0.369. The molecule has 24 heavy (non-hydrogen) atoms. The van der Waals surface area contributed by atoms with Gasteiger partial charge in [-0.2, -0.15) is 5.10 Å². The van der Waals surface area contributed by atoms with Crippen LogP contribution in [0.4, 0.5) is 10.5 Å². The Morgan fingerprint density at radius 3 is 2.92 bits per heavy atom. The Morgan fingerprint density at radius 1 is 1.38 bits per heavy atom. The molecule has 0 spiro atoms. The second-order valence-corrected chi connectivity index (χ2v) is 4.94. The standard InChI is InChI=1S/C15H15N5O3S/c16-14(24)20-18-8-12-11(5-3-7-17-12)19-15(22)23-9-10-4-1-2-6-13(10)21/h1-8,21H,9H2,(H,19,22)(H3,16,20,24)/b18-8+. The van der Waals surface area contributed by atoms with Crippen molar-refractivity contribution >= 4 is 35.3 Å². The van der Waals surface area contributed by atoms with E-state index in [1.807, 2.05) is 0 Å². The smallest absolute Gasteiger partial charge is 0.412 e. The molecule has 1 amide bonds. The van der Waals surface area contributed by atoms with Crippen LogP contribution in [0.3, 0.4) is 0 Å². The zero-order chi connectivity index (χ0) is 17.4. The number of phenolic OH excluding ortho intramolecular Hbond substituents is 1. The number of rotatable bonds is 5. The van der Waals surface area contributed by atoms with Gasteiger partial charge >= 0.3 is 6.09 Å². The van der Waals surface area contributed by atoms with Crippen molar-refractivity contribution in [2.24, 2.45) is 10.8 Å². The first-order chi connectivity index (χ1) is 11.6. The highest BCUT2D eigenvalue weighted by molar-refractivity contribution is 7.80. The van der Waals surface area contributed by atoms with Crippen molar-refractivity contribution in [1.82, 2.24) is 10.4 Å². The van der Waals surface area contributed by atoms with E-state index in [2.05, 4.69) is 33.0 Å². The minimum Gasteiger partial charge on any atom is -0.508 e. The third-order valence-corrected chi connectivity index (χ3v) is 2.88. The molecule has 2 rings (SSSR count). The van der Waals surface area contributed by atoms with Crippen molar-refractivity contribution in [1.29, 1.82) is 0 Å². The number of phenols is 1. The second kappa shape index (κ2) is 8.44. The molecule has 5 N–H and O–H groups in total. The first-order valence-electron chi connectivity index (χ1n) is 6.80. The van der Waals surface area contributed by atoms with Gasteiger partial charge in [-0.3, -0.25) is 15.7 Å². The zero-order valence-electron chi connectivity index (χ0n) is 12.5. The maximum atomic E-state index is 11.9. The van der Waals surface area contributed by atoms with Crippen molar-refractivity contribution in [3.8, 4) is 5.75 Å². The van der Waals surface area contributed by atoms with Gasteiger partial charge in [-0.25, -0.2) is 4.79 Å². The van der Waals surface area contributed by atoms with Crippen LogP contribution in [0.2, 0.25) is 0 Å². The summed E-state index contributed by atoms with van der Waals surface area (Å²) in [5.74, 6) is 0.0586. The van der Waals surface area contributed by atoms with Crippen LogP contribution in [0.15, 0.2) is 47.7 Å². The topological polar surface area (TPSA) is 122 Å². The molecule has 0 aliphatic carbocycles. The lowest BCUT2D eigenvalue weighted by atomic mass is 10.2. The van der Waals surface area contributed by atoms with E-state index < -0.39 is 6.09 Å². The Morgan fingerprint density at radius 2 is 2.17 bits per heavy atom. The van der Waals surface area contributed by atoms with Gasteiger partial charge in [0, 0.05) is 11.8 Å². The molecular formula is C15H15N5O3S. The highest BCUT2D eigenvalue weighted by Gasteiger charge is 2.09. The molecule has 0 aliphatic rings. The van der Waals surface area contributed by atoms with E-state index in [4.69, 9.17) is 10.5 Å². The van der Waals surface area contributed by atoms with Crippen molar-refractivity contribution < 1.29 is 14.6 Å². The predicted molar refractivity (Wildman–Crippen MR) is 93.7 cm³/mol. The van der Waals surface area contributed by atoms with Gasteiger partial charge in [0.25, 0.3) is 0 Å². The second-order valence-electron chi connectivity index (χ2n) is 4.50. The largest absolute Gasteiger partial charge is 0.508 e. The maximum absolute atomic E-state index is 11.9. The van der Waals surface area contributed by atoms with E-state index in [1.165, 1.54) is 12.3 Å². The molecule has 2 aromatic rings. The van der Waals surface area contributed by atoms with Crippen molar-refractivity contribution in [2.45, 2.75) is 6.61 Å². The number of hydrogen-bond donors (Lipinski definition) is 4. The Balaban J connectivity index is 1.97. The summed E-state index contributed by atoms with van der Waals surface area (Å²) in [7, 11) is 0. The number of aromatic nitrogens is 1. The van der Waals surface area contributed by atoms with E-state index in [1.54, 1.807) is 36.5 Å². The van der Waals surface area contributed by atoms with Gasteiger partial charge < -0.3 is 15.6 Å². The molecule has 0 fully saturated rings. The Bertz CT molecular complexity index is 766. The summed E-state index contributed by atoms with van der Waals surface area (Å²) in [6.07, 6.45) is 2.21. The van der Waals surface area contributed by atoms with Crippen LogP contribution >= 0.6 is 12.2 Å². The number of aromatic hydroxyl groups is 1. The summed E-state index contributed by atoms with van der Waals surface area (Å²) in [6, 6.07) is 9.88. The Hall–Kier alpha value is -3.20. The molecular weight excluding hydrogens is 330 g/mol. The van der Waals surface area contributed by atoms with E-state index in [0.29, 0.717) is 16.9 Å². The minimum atomic E-state index is -0.691. The lowest BCUT2D eigenvalue weighted by Crippen LogP contribution is -2.24. The number of amides is 1. The summed E-state index contributed by atoms with van der Waals surface area (Å²) >= 11 is 4.63. The highest BCUT2D eigenvalue weighted by atomic mass is 32.1. The van der Waals surface area contributed by atoms with Crippen LogP contribution in [0.5, 0.6) is 5.75 Å². The number of thiocarbonyl (C=S) groups is 1. The van der Waals surface area contributed by atoms with Crippen LogP contribution in [0.25, 0.3) is 0 Å². The number of carbonyl (C=O) groups excluding carboxylic acids is 1. The van der Waals surface area contributed by atoms with E-state index in [9.17, 15) is 9.90 Å². The van der Waals surface area contributed by atoms with Crippen LogP contribution in [0.1, 0.15) is 11.3 Å². The van der Waals surface area contributed by atoms with Gasteiger partial charge in [0.2, 0.25) is 0 Å². The summed E-state index contributed by atoms with van der Waals surface area (Å²) < 4.78 is 5.07. The number of anilines is 1. The molecule has 1 aromatic heterocycles. The number of nitrogens with one attached hydrogen (secondary N) is 2. The Labute approximate surface area is 143 Å². The fourth-order valence-corrected chi connectivity index (χ4v) is 1.76. The van der Waals surface area contributed by atoms with E-state index >= 15 is 0 Å². The summed E-state index contributed by atoms with van der Waals surface area (Å²) in [5.41, 5.74) is 8.94. The molecule has 1 heterocycles. The van der Waals surface area contributed by atoms with Crippen LogP contribution in [-0.4, -0.2) is 27.5 Å². The van der Waals surface area contributed by atoms with Crippen LogP contribution in [-0.2, 0) is 11.3 Å². The Kier molecular flexibility index (Phi) is 6.03. The lowest BCUT2D eigenvalue weighted by Gasteiger charge is -2.09. The minimum absolute atomic E-state index is 0.0127. The molecule has 0 radical (unpaired) electrons. The highest BCUT2D eigenvalue weighted by Crippen LogP contribution is 2.17. The zero-order valence-corrected chi connectivity index (χ0v) is 13.3. The number of ether oxygens (including phenoxy) is 1. The predicted octanol–water partition coefficient (Wildman–Crippen LogP) is 1.70. The SMILES string of the molecule is NC(=S)N/N=C/c1ncccc1NC(=O)OCc1ccccc1O. The fraction of sp³-hybridized carbons (Fsp3) is 0.0667. The van der Waals surface area contributed by atoms with Crippen LogP contribution in [0, 0.1) is 0 Å². The molecule has 0 atom stereocenters. The number of benzene rings is 1. The molecule has 124 valence electrons. The van der Waals surface area contributed by atoms with Crippen molar-refractivity contribution in [2.75, 3.05) is 5.32 Å². The first kappa shape index (κ1) is 17.2. The molecule has 0 saturated heterocycles. The number of carbonyl (C=O) groups is 1. The normalized spacial score (nSPS) is 10.3. The van der Waals surface area contributed by atoms with Gasteiger partial charge in [-0.05, 0) is 30.4 Å². The number of nitrogens with zero attached hydrogens (tertiary/aromatic N) is 2. The van der Waals surface area contributed by atoms with E-state index in [0.717, 1.165) is 0 Å². The first-order valence-corrected chi connectivity index (χ1v) is 7.21. The molecule has 0 bridgehead atoms. The number of pyridine rings is 1. The van der Waals surface area contributed by atoms with Gasteiger partial charge in [-0.1, -0.05) is 18.2 Å². The van der Waals surface area contributed by atoms with Crippen LogP contribution < -0.4 is 16.5 Å². The molecule has 1 aromatic carbocycles. The van der Waals surface area contributed by atoms with Crippen molar-refractivity contribution in [3.05, 3.63) is 53.9 Å². The van der Waals surface area contributed by atoms with Gasteiger partial charge in [0.1, 0.15) is 18.1 Å². The third-order valence-electron chi connectivity index (χ3n) is 2.79. The monoisotopic (exact) mass is 345 g/mol. The molecule has 9 heteroatoms. The molecule has 0 saturated carbocycles. The third kappa shape index (κ3) is 5.21. The fourth-order valence-electron chi connectivity index (χ4n) is 1.71. The summed E-state index contributed by atoms with van der Waals surface area (Å²) in [6.45, 7) is -0.0643. The van der Waals surface area contributed by atoms with E-state index in [-0.39, 0.29) is 17.5 Å².